The summed E-state index contributed by atoms with van der Waals surface area (Å²) < 4.78 is 47.6. The van der Waals surface area contributed by atoms with Crippen molar-refractivity contribution in [3.8, 4) is 11.5 Å². The molecule has 0 fully saturated rings. The summed E-state index contributed by atoms with van der Waals surface area (Å²) in [5.74, 6) is 0.109. The first-order valence-electron chi connectivity index (χ1n) is 5.48. The Bertz CT molecular complexity index is 599. The van der Waals surface area contributed by atoms with E-state index in [1.165, 1.54) is 18.2 Å². The SMILES string of the molecule is Cn1cncc1COc1ccc(OC(F)(F)F)c(Br)c1. The molecule has 1 aromatic carbocycles. The summed E-state index contributed by atoms with van der Waals surface area (Å²) in [6.45, 7) is 0.266. The average molecular weight is 351 g/mol. The smallest absolute Gasteiger partial charge is 0.487 e. The summed E-state index contributed by atoms with van der Waals surface area (Å²) in [5, 5.41) is 0. The lowest BCUT2D eigenvalue weighted by atomic mass is 10.3. The quantitative estimate of drug-likeness (QED) is 0.844. The molecule has 0 bridgehead atoms. The molecule has 4 nitrogen and oxygen atoms in total. The normalized spacial score (nSPS) is 11.4. The maximum Gasteiger partial charge on any atom is 0.573 e. The van der Waals surface area contributed by atoms with Crippen LogP contribution in [0.2, 0.25) is 0 Å². The molecular formula is C12H10BrF3N2O2. The minimum Gasteiger partial charge on any atom is -0.487 e. The minimum atomic E-state index is -4.72. The van der Waals surface area contributed by atoms with E-state index in [2.05, 4.69) is 25.7 Å². The number of aromatic nitrogens is 2. The molecule has 0 aliphatic carbocycles. The molecular weight excluding hydrogens is 341 g/mol. The van der Waals surface area contributed by atoms with Crippen LogP contribution in [0.5, 0.6) is 11.5 Å². The van der Waals surface area contributed by atoms with Crippen LogP contribution in [-0.2, 0) is 13.7 Å². The number of halogens is 4. The highest BCUT2D eigenvalue weighted by Crippen LogP contribution is 2.33. The molecule has 2 rings (SSSR count). The second-order valence-corrected chi connectivity index (χ2v) is 4.78. The van der Waals surface area contributed by atoms with Gasteiger partial charge in [-0.15, -0.1) is 13.2 Å². The van der Waals surface area contributed by atoms with Crippen LogP contribution in [0.3, 0.4) is 0 Å². The maximum atomic E-state index is 12.1. The highest BCUT2D eigenvalue weighted by molar-refractivity contribution is 9.10. The highest BCUT2D eigenvalue weighted by Gasteiger charge is 2.31. The third-order valence-electron chi connectivity index (χ3n) is 2.43. The number of ether oxygens (including phenoxy) is 2. The third-order valence-corrected chi connectivity index (χ3v) is 3.05. The van der Waals surface area contributed by atoms with E-state index in [9.17, 15) is 13.2 Å². The van der Waals surface area contributed by atoms with Crippen molar-refractivity contribution in [2.45, 2.75) is 13.0 Å². The molecule has 0 aliphatic heterocycles. The van der Waals surface area contributed by atoms with Gasteiger partial charge in [0.25, 0.3) is 0 Å². The van der Waals surface area contributed by atoms with E-state index >= 15 is 0 Å². The molecule has 0 saturated carbocycles. The van der Waals surface area contributed by atoms with Crippen molar-refractivity contribution in [3.63, 3.8) is 0 Å². The summed E-state index contributed by atoms with van der Waals surface area (Å²) in [4.78, 5) is 3.93. The fourth-order valence-corrected chi connectivity index (χ4v) is 1.90. The summed E-state index contributed by atoms with van der Waals surface area (Å²) >= 11 is 3.01. The summed E-state index contributed by atoms with van der Waals surface area (Å²) in [6.07, 6.45) is -1.44. The molecule has 0 amide bonds. The van der Waals surface area contributed by atoms with Crippen molar-refractivity contribution < 1.29 is 22.6 Å². The fourth-order valence-electron chi connectivity index (χ4n) is 1.46. The molecule has 2 aromatic rings. The first kappa shape index (κ1) is 14.7. The van der Waals surface area contributed by atoms with Gasteiger partial charge in [-0.05, 0) is 34.1 Å². The Balaban J connectivity index is 2.04. The number of hydrogen-bond donors (Lipinski definition) is 0. The van der Waals surface area contributed by atoms with Crippen LogP contribution in [0.15, 0.2) is 35.2 Å². The van der Waals surface area contributed by atoms with E-state index in [0.717, 1.165) is 5.69 Å². The van der Waals surface area contributed by atoms with Gasteiger partial charge < -0.3 is 14.0 Å². The number of hydrogen-bond acceptors (Lipinski definition) is 3. The van der Waals surface area contributed by atoms with Crippen LogP contribution in [0.1, 0.15) is 5.69 Å². The maximum absolute atomic E-state index is 12.1. The Morgan fingerprint density at radius 3 is 2.65 bits per heavy atom. The van der Waals surface area contributed by atoms with E-state index in [1.807, 2.05) is 7.05 Å². The van der Waals surface area contributed by atoms with Gasteiger partial charge >= 0.3 is 6.36 Å². The molecule has 0 saturated heterocycles. The van der Waals surface area contributed by atoms with Crippen molar-refractivity contribution >= 4 is 15.9 Å². The van der Waals surface area contributed by atoms with E-state index in [1.54, 1.807) is 17.1 Å². The standard InChI is InChI=1S/C12H10BrF3N2O2/c1-18-7-17-5-8(18)6-19-9-2-3-11(10(13)4-9)20-12(14,15)16/h2-5,7H,6H2,1H3. The minimum absolute atomic E-state index is 0.164. The molecule has 0 aliphatic rings. The Morgan fingerprint density at radius 2 is 2.10 bits per heavy atom. The van der Waals surface area contributed by atoms with Gasteiger partial charge in [0.2, 0.25) is 0 Å². The van der Waals surface area contributed by atoms with Gasteiger partial charge in [-0.25, -0.2) is 4.98 Å². The summed E-state index contributed by atoms with van der Waals surface area (Å²) in [7, 11) is 1.82. The monoisotopic (exact) mass is 350 g/mol. The van der Waals surface area contributed by atoms with Crippen LogP contribution >= 0.6 is 15.9 Å². The number of aryl methyl sites for hydroxylation is 1. The molecule has 1 heterocycles. The topological polar surface area (TPSA) is 36.3 Å². The fraction of sp³-hybridized carbons (Fsp3) is 0.250. The van der Waals surface area contributed by atoms with E-state index in [-0.39, 0.29) is 16.8 Å². The third kappa shape index (κ3) is 3.89. The predicted octanol–water partition coefficient (Wildman–Crippen LogP) is 3.66. The van der Waals surface area contributed by atoms with Crippen LogP contribution in [0, 0.1) is 0 Å². The molecule has 0 spiro atoms. The largest absolute Gasteiger partial charge is 0.573 e. The average Bonchev–Trinajstić information content (AvgIpc) is 2.74. The van der Waals surface area contributed by atoms with Crippen molar-refractivity contribution in [2.75, 3.05) is 0 Å². The number of benzene rings is 1. The van der Waals surface area contributed by atoms with Gasteiger partial charge in [0.1, 0.15) is 18.1 Å². The van der Waals surface area contributed by atoms with Crippen LogP contribution in [0.25, 0.3) is 0 Å². The first-order chi connectivity index (χ1) is 9.35. The van der Waals surface area contributed by atoms with Gasteiger partial charge in [0.15, 0.2) is 0 Å². The van der Waals surface area contributed by atoms with Gasteiger partial charge in [-0.3, -0.25) is 0 Å². The summed E-state index contributed by atoms with van der Waals surface area (Å²) in [5.41, 5.74) is 0.844. The number of alkyl halides is 3. The predicted molar refractivity (Wildman–Crippen MR) is 68.4 cm³/mol. The van der Waals surface area contributed by atoms with Crippen LogP contribution in [-0.4, -0.2) is 15.9 Å². The van der Waals surface area contributed by atoms with Crippen molar-refractivity contribution in [1.29, 1.82) is 0 Å². The molecule has 0 N–H and O–H groups in total. The zero-order valence-corrected chi connectivity index (χ0v) is 11.9. The Labute approximate surface area is 121 Å². The Kier molecular flexibility index (Phi) is 4.22. The molecule has 8 heteroatoms. The van der Waals surface area contributed by atoms with Crippen molar-refractivity contribution in [2.24, 2.45) is 7.05 Å². The number of nitrogens with zero attached hydrogens (tertiary/aromatic N) is 2. The second-order valence-electron chi connectivity index (χ2n) is 3.92. The van der Waals surface area contributed by atoms with Gasteiger partial charge in [0.05, 0.1) is 22.7 Å². The lowest BCUT2D eigenvalue weighted by molar-refractivity contribution is -0.274. The highest BCUT2D eigenvalue weighted by atomic mass is 79.9. The lowest BCUT2D eigenvalue weighted by Gasteiger charge is -2.12. The zero-order chi connectivity index (χ0) is 14.8. The van der Waals surface area contributed by atoms with E-state index in [4.69, 9.17) is 4.74 Å². The van der Waals surface area contributed by atoms with Crippen molar-refractivity contribution in [1.82, 2.24) is 9.55 Å². The van der Waals surface area contributed by atoms with Gasteiger partial charge in [0, 0.05) is 7.05 Å². The Morgan fingerprint density at radius 1 is 1.35 bits per heavy atom. The molecule has 1 aromatic heterocycles. The van der Waals surface area contributed by atoms with E-state index in [0.29, 0.717) is 5.75 Å². The van der Waals surface area contributed by atoms with Gasteiger partial charge in [-0.1, -0.05) is 0 Å². The van der Waals surface area contributed by atoms with Crippen LogP contribution < -0.4 is 9.47 Å². The zero-order valence-electron chi connectivity index (χ0n) is 10.3. The molecule has 108 valence electrons. The molecule has 20 heavy (non-hydrogen) atoms. The summed E-state index contributed by atoms with van der Waals surface area (Å²) in [6, 6.07) is 4.01. The Hall–Kier alpha value is -1.70. The number of rotatable bonds is 4. The second kappa shape index (κ2) is 5.74. The van der Waals surface area contributed by atoms with Crippen molar-refractivity contribution in [3.05, 3.63) is 40.9 Å². The molecule has 0 radical (unpaired) electrons. The van der Waals surface area contributed by atoms with Crippen LogP contribution in [0.4, 0.5) is 13.2 Å². The molecule has 0 atom stereocenters. The lowest BCUT2D eigenvalue weighted by Crippen LogP contribution is -2.17. The van der Waals surface area contributed by atoms with E-state index < -0.39 is 6.36 Å². The molecule has 0 unspecified atom stereocenters. The number of imidazole rings is 1. The first-order valence-corrected chi connectivity index (χ1v) is 6.28. The van der Waals surface area contributed by atoms with Gasteiger partial charge in [-0.2, -0.15) is 0 Å².